The Balaban J connectivity index is 1.99. The van der Waals surface area contributed by atoms with E-state index >= 15 is 0 Å². The number of nitrogens with zero attached hydrogens (tertiary/aromatic N) is 1. The Kier molecular flexibility index (Phi) is 10.6. The van der Waals surface area contributed by atoms with Gasteiger partial charge in [-0.1, -0.05) is 57.4 Å². The van der Waals surface area contributed by atoms with Crippen molar-refractivity contribution < 1.29 is 22.8 Å². The normalized spacial score (nSPS) is 14.2. The Bertz CT molecular complexity index is 1040. The largest absolute Gasteiger partial charge is 0.405 e. The first-order valence-electron chi connectivity index (χ1n) is 13.6. The van der Waals surface area contributed by atoms with Gasteiger partial charge >= 0.3 is 6.18 Å². The molecule has 7 heteroatoms. The van der Waals surface area contributed by atoms with Gasteiger partial charge in [-0.25, -0.2) is 0 Å². The van der Waals surface area contributed by atoms with E-state index in [1.807, 2.05) is 30.3 Å². The fourth-order valence-corrected chi connectivity index (χ4v) is 5.14. The lowest BCUT2D eigenvalue weighted by atomic mass is 9.89. The first-order valence-corrected chi connectivity index (χ1v) is 13.6. The number of hydrogen-bond donors (Lipinski definition) is 1. The van der Waals surface area contributed by atoms with E-state index in [1.165, 1.54) is 0 Å². The fraction of sp³-hybridized carbons (Fsp3) is 0.533. The number of carbonyl (C=O) groups is 2. The third kappa shape index (κ3) is 7.59. The van der Waals surface area contributed by atoms with E-state index in [-0.39, 0.29) is 0 Å². The maximum absolute atomic E-state index is 13.2. The van der Waals surface area contributed by atoms with E-state index in [9.17, 15) is 22.8 Å². The topological polar surface area (TPSA) is 49.4 Å². The molecule has 1 aliphatic rings. The van der Waals surface area contributed by atoms with Crippen molar-refractivity contribution in [3.63, 3.8) is 0 Å². The predicted molar refractivity (Wildman–Crippen MR) is 143 cm³/mol. The highest BCUT2D eigenvalue weighted by atomic mass is 19.4. The highest BCUT2D eigenvalue weighted by Crippen LogP contribution is 2.48. The number of alkyl halides is 3. The lowest BCUT2D eigenvalue weighted by Gasteiger charge is -2.25. The second-order valence-corrected chi connectivity index (χ2v) is 9.88. The van der Waals surface area contributed by atoms with Gasteiger partial charge in [-0.05, 0) is 72.1 Å². The molecule has 0 spiro atoms. The second kappa shape index (κ2) is 13.6. The lowest BCUT2D eigenvalue weighted by Crippen LogP contribution is -2.37. The fourth-order valence-electron chi connectivity index (χ4n) is 5.14. The van der Waals surface area contributed by atoms with E-state index in [1.54, 1.807) is 0 Å². The first-order chi connectivity index (χ1) is 17.8. The predicted octanol–water partition coefficient (Wildman–Crippen LogP) is 7.19. The molecule has 1 unspecified atom stereocenters. The van der Waals surface area contributed by atoms with E-state index in [0.29, 0.717) is 12.8 Å². The number of hydrogen-bond acceptors (Lipinski definition) is 3. The molecule has 202 valence electrons. The molecule has 1 atom stereocenters. The first kappa shape index (κ1) is 28.7. The molecule has 0 saturated carbocycles. The van der Waals surface area contributed by atoms with Crippen molar-refractivity contribution in [3.05, 3.63) is 53.1 Å². The van der Waals surface area contributed by atoms with E-state index < -0.39 is 24.5 Å². The van der Waals surface area contributed by atoms with Crippen molar-refractivity contribution in [3.8, 4) is 11.1 Å². The van der Waals surface area contributed by atoms with Gasteiger partial charge in [0, 0.05) is 25.2 Å². The van der Waals surface area contributed by atoms with Crippen LogP contribution < -0.4 is 10.2 Å². The molecule has 1 amide bonds. The highest BCUT2D eigenvalue weighted by Gasteiger charge is 2.37. The van der Waals surface area contributed by atoms with Crippen LogP contribution in [0.1, 0.15) is 87.8 Å². The summed E-state index contributed by atoms with van der Waals surface area (Å²) in [4.78, 5) is 26.2. The summed E-state index contributed by atoms with van der Waals surface area (Å²) in [5, 5.41) is 2.14. The molecule has 0 fully saturated rings. The Morgan fingerprint density at radius 3 is 2.35 bits per heavy atom. The minimum atomic E-state index is -4.47. The van der Waals surface area contributed by atoms with Crippen LogP contribution in [0.15, 0.2) is 36.4 Å². The molecule has 0 aliphatic heterocycles. The summed E-state index contributed by atoms with van der Waals surface area (Å²) >= 11 is 0. The molecule has 0 bridgehead atoms. The SMILES string of the molecule is CCCCN(CCCC)c1ccc2c(c1)-c1cccc(CCCCCC=O)c1C2C(=O)NCC(F)(F)F. The molecule has 0 heterocycles. The van der Waals surface area contributed by atoms with Crippen LogP contribution in [0, 0.1) is 0 Å². The molecule has 37 heavy (non-hydrogen) atoms. The number of benzene rings is 2. The number of fused-ring (bicyclic) bond motifs is 3. The number of halogens is 3. The molecule has 4 nitrogen and oxygen atoms in total. The molecule has 0 radical (unpaired) electrons. The van der Waals surface area contributed by atoms with Crippen molar-refractivity contribution in [2.24, 2.45) is 0 Å². The summed E-state index contributed by atoms with van der Waals surface area (Å²) in [7, 11) is 0. The molecule has 0 saturated heterocycles. The number of carbonyl (C=O) groups excluding carboxylic acids is 2. The Hall–Kier alpha value is -2.83. The van der Waals surface area contributed by atoms with Crippen molar-refractivity contribution in [2.75, 3.05) is 24.5 Å². The number of aldehydes is 1. The highest BCUT2D eigenvalue weighted by molar-refractivity contribution is 5.97. The van der Waals surface area contributed by atoms with Gasteiger partial charge in [0.2, 0.25) is 5.91 Å². The van der Waals surface area contributed by atoms with Gasteiger partial charge in [0.15, 0.2) is 0 Å². The van der Waals surface area contributed by atoms with Crippen molar-refractivity contribution in [2.45, 2.75) is 83.7 Å². The maximum Gasteiger partial charge on any atom is 0.405 e. The molecule has 3 rings (SSSR count). The second-order valence-electron chi connectivity index (χ2n) is 9.88. The smallest absolute Gasteiger partial charge is 0.372 e. The number of aryl methyl sites for hydroxylation is 1. The summed E-state index contributed by atoms with van der Waals surface area (Å²) < 4.78 is 38.8. The molecule has 0 aromatic heterocycles. The quantitative estimate of drug-likeness (QED) is 0.201. The number of unbranched alkanes of at least 4 members (excludes halogenated alkanes) is 5. The Labute approximate surface area is 218 Å². The summed E-state index contributed by atoms with van der Waals surface area (Å²) in [6.45, 7) is 4.88. The minimum Gasteiger partial charge on any atom is -0.372 e. The van der Waals surface area contributed by atoms with Gasteiger partial charge in [-0.3, -0.25) is 4.79 Å². The van der Waals surface area contributed by atoms with Crippen LogP contribution in [0.25, 0.3) is 11.1 Å². The number of anilines is 1. The monoisotopic (exact) mass is 516 g/mol. The zero-order chi connectivity index (χ0) is 26.8. The Morgan fingerprint density at radius 1 is 0.973 bits per heavy atom. The van der Waals surface area contributed by atoms with E-state index in [2.05, 4.69) is 30.1 Å². The molecule has 2 aromatic rings. The van der Waals surface area contributed by atoms with E-state index in [4.69, 9.17) is 0 Å². The zero-order valence-electron chi connectivity index (χ0n) is 22.0. The maximum atomic E-state index is 13.2. The van der Waals surface area contributed by atoms with Crippen LogP contribution in [0.4, 0.5) is 18.9 Å². The van der Waals surface area contributed by atoms with Gasteiger partial charge in [0.25, 0.3) is 0 Å². The van der Waals surface area contributed by atoms with Gasteiger partial charge in [0.1, 0.15) is 12.8 Å². The summed E-state index contributed by atoms with van der Waals surface area (Å²) in [5.41, 5.74) is 5.52. The minimum absolute atomic E-state index is 0.524. The summed E-state index contributed by atoms with van der Waals surface area (Å²) in [6.07, 6.45) is 4.56. The average Bonchev–Trinajstić information content (AvgIpc) is 3.21. The average molecular weight is 517 g/mol. The van der Waals surface area contributed by atoms with Crippen LogP contribution >= 0.6 is 0 Å². The van der Waals surface area contributed by atoms with Gasteiger partial charge in [-0.15, -0.1) is 0 Å². The zero-order valence-corrected chi connectivity index (χ0v) is 22.0. The number of rotatable bonds is 15. The molecule has 1 aliphatic carbocycles. The van der Waals surface area contributed by atoms with Crippen LogP contribution in [-0.2, 0) is 16.0 Å². The standard InChI is InChI=1S/C30H39F3N2O2/c1-3-5-17-35(18-6-4-2)23-15-16-25-26(20-23)24-14-11-13-22(12-9-7-8-10-19-36)27(24)28(25)29(37)34-21-30(31,32)33/h11,13-16,19-20,28H,3-10,12,17-18,21H2,1-2H3,(H,34,37). The lowest BCUT2D eigenvalue weighted by molar-refractivity contribution is -0.138. The molecule has 1 N–H and O–H groups in total. The summed E-state index contributed by atoms with van der Waals surface area (Å²) in [5.74, 6) is -1.39. The van der Waals surface area contributed by atoms with Crippen molar-refractivity contribution >= 4 is 17.9 Å². The van der Waals surface area contributed by atoms with E-state index in [0.717, 1.165) is 97.8 Å². The molecular formula is C30H39F3N2O2. The third-order valence-electron chi connectivity index (χ3n) is 7.04. The van der Waals surface area contributed by atoms with Gasteiger partial charge in [-0.2, -0.15) is 13.2 Å². The van der Waals surface area contributed by atoms with Crippen molar-refractivity contribution in [1.82, 2.24) is 5.32 Å². The van der Waals surface area contributed by atoms with Gasteiger partial charge in [0.05, 0.1) is 5.92 Å². The number of nitrogens with one attached hydrogen (secondary N) is 1. The van der Waals surface area contributed by atoms with Crippen LogP contribution in [0.3, 0.4) is 0 Å². The number of amides is 1. The third-order valence-corrected chi connectivity index (χ3v) is 7.04. The van der Waals surface area contributed by atoms with Crippen LogP contribution in [0.5, 0.6) is 0 Å². The molecule has 2 aromatic carbocycles. The Morgan fingerprint density at radius 2 is 1.70 bits per heavy atom. The van der Waals surface area contributed by atoms with Crippen LogP contribution in [0.2, 0.25) is 0 Å². The molecular weight excluding hydrogens is 477 g/mol. The van der Waals surface area contributed by atoms with Gasteiger partial charge < -0.3 is 15.0 Å². The van der Waals surface area contributed by atoms with Crippen LogP contribution in [-0.4, -0.2) is 38.0 Å². The van der Waals surface area contributed by atoms with Crippen molar-refractivity contribution in [1.29, 1.82) is 0 Å². The summed E-state index contributed by atoms with van der Waals surface area (Å²) in [6, 6.07) is 12.0.